The highest BCUT2D eigenvalue weighted by Gasteiger charge is 2.24. The Morgan fingerprint density at radius 3 is 1.94 bits per heavy atom. The van der Waals surface area contributed by atoms with Gasteiger partial charge in [-0.25, -0.2) is 0 Å². The van der Waals surface area contributed by atoms with Crippen molar-refractivity contribution in [3.05, 3.63) is 90.3 Å². The fourth-order valence-corrected chi connectivity index (χ4v) is 5.10. The molecule has 266 valence electrons. The van der Waals surface area contributed by atoms with E-state index in [2.05, 4.69) is 25.4 Å². The Bertz CT molecular complexity index is 2490. The first-order chi connectivity index (χ1) is 25.3. The molecule has 1 atom stereocenters. The monoisotopic (exact) mass is 708 g/mol. The largest absolute Gasteiger partial charge is 0.493 e. The lowest BCUT2D eigenvalue weighted by Gasteiger charge is -2.04. The predicted octanol–water partition coefficient (Wildman–Crippen LogP) is 6.90. The van der Waals surface area contributed by atoms with Crippen molar-refractivity contribution in [3.63, 3.8) is 0 Å². The molecule has 0 amide bonds. The first-order valence-corrected chi connectivity index (χ1v) is 15.8. The van der Waals surface area contributed by atoms with E-state index in [9.17, 15) is 0 Å². The van der Waals surface area contributed by atoms with Crippen LogP contribution in [0.1, 0.15) is 17.5 Å². The molecule has 3 N–H and O–H groups in total. The van der Waals surface area contributed by atoms with Gasteiger partial charge < -0.3 is 52.2 Å². The van der Waals surface area contributed by atoms with Crippen LogP contribution < -0.4 is 19.9 Å². The molecular formula is C36H32N6O10. The topological polar surface area (TPSA) is 216 Å². The number of aromatic nitrogens is 4. The highest BCUT2D eigenvalue weighted by molar-refractivity contribution is 5.99. The number of amidine groups is 1. The fraction of sp³-hybridized carbons (Fsp3) is 0.194. The summed E-state index contributed by atoms with van der Waals surface area (Å²) in [6.45, 7) is 4.80. The molecule has 1 aliphatic rings. The molecule has 1 aliphatic heterocycles. The van der Waals surface area contributed by atoms with Crippen LogP contribution in [0.25, 0.3) is 56.1 Å². The smallest absolute Gasteiger partial charge is 0.238 e. The number of fused-ring (bicyclic) bond motifs is 3. The van der Waals surface area contributed by atoms with E-state index < -0.39 is 0 Å². The van der Waals surface area contributed by atoms with Crippen molar-refractivity contribution in [3.8, 4) is 40.4 Å². The first-order valence-electron chi connectivity index (χ1n) is 15.8. The Hall–Kier alpha value is -6.81. The van der Waals surface area contributed by atoms with Crippen LogP contribution in [0.15, 0.2) is 100 Å². The van der Waals surface area contributed by atoms with Crippen LogP contribution in [-0.4, -0.2) is 64.9 Å². The van der Waals surface area contributed by atoms with Crippen LogP contribution in [-0.2, 0) is 4.74 Å². The SMILES string of the molecule is COc1cccc2cc(-c3noc(C)n3)oc12.COc1cccc2cc(C(N)=NO)oc12.Cc1nc(-c2cc3c(OC[C@@H]4CO4)cccc3o2)no1. The summed E-state index contributed by atoms with van der Waals surface area (Å²) in [6.07, 6.45) is 0.219. The minimum atomic E-state index is -0.0618. The molecule has 0 bridgehead atoms. The van der Waals surface area contributed by atoms with Crippen molar-refractivity contribution in [1.82, 2.24) is 20.3 Å². The van der Waals surface area contributed by atoms with Crippen LogP contribution >= 0.6 is 0 Å². The van der Waals surface area contributed by atoms with Gasteiger partial charge in [0.05, 0.1) is 26.2 Å². The Kier molecular flexibility index (Phi) is 9.44. The Morgan fingerprint density at radius 1 is 0.788 bits per heavy atom. The number of para-hydroxylation sites is 2. The third-order valence-electron chi connectivity index (χ3n) is 7.66. The van der Waals surface area contributed by atoms with Gasteiger partial charge in [-0.2, -0.15) is 9.97 Å². The zero-order valence-corrected chi connectivity index (χ0v) is 28.4. The zero-order chi connectivity index (χ0) is 36.2. The number of hydrogen-bond acceptors (Lipinski definition) is 15. The van der Waals surface area contributed by atoms with Crippen molar-refractivity contribution in [1.29, 1.82) is 0 Å². The van der Waals surface area contributed by atoms with Crippen molar-refractivity contribution in [2.24, 2.45) is 10.9 Å². The summed E-state index contributed by atoms with van der Waals surface area (Å²) in [4.78, 5) is 8.28. The number of furan rings is 3. The number of methoxy groups -OCH3 is 2. The lowest BCUT2D eigenvalue weighted by molar-refractivity contribution is 0.265. The summed E-state index contributed by atoms with van der Waals surface area (Å²) in [5.41, 5.74) is 7.42. The second-order valence-corrected chi connectivity index (χ2v) is 11.3. The second kappa shape index (κ2) is 14.6. The van der Waals surface area contributed by atoms with Gasteiger partial charge in [0.25, 0.3) is 0 Å². The first kappa shape index (κ1) is 33.7. The summed E-state index contributed by atoms with van der Waals surface area (Å²) in [7, 11) is 3.16. The minimum absolute atomic E-state index is 0.0618. The van der Waals surface area contributed by atoms with Gasteiger partial charge in [0.1, 0.15) is 24.0 Å². The van der Waals surface area contributed by atoms with Crippen LogP contribution in [0.2, 0.25) is 0 Å². The highest BCUT2D eigenvalue weighted by atomic mass is 16.6. The molecule has 6 heterocycles. The van der Waals surface area contributed by atoms with Crippen molar-refractivity contribution < 1.29 is 46.5 Å². The van der Waals surface area contributed by atoms with Crippen LogP contribution in [0.4, 0.5) is 0 Å². The van der Waals surface area contributed by atoms with Crippen molar-refractivity contribution >= 4 is 38.7 Å². The lowest BCUT2D eigenvalue weighted by Crippen LogP contribution is -2.11. The normalized spacial score (nSPS) is 13.8. The molecule has 1 fully saturated rings. The average molecular weight is 709 g/mol. The number of oxime groups is 1. The molecule has 5 aromatic heterocycles. The van der Waals surface area contributed by atoms with Gasteiger partial charge in [-0.1, -0.05) is 45.8 Å². The predicted molar refractivity (Wildman–Crippen MR) is 186 cm³/mol. The molecular weight excluding hydrogens is 676 g/mol. The number of ether oxygens (including phenoxy) is 4. The number of rotatable bonds is 8. The summed E-state index contributed by atoms with van der Waals surface area (Å²) in [6, 6.07) is 22.3. The Labute approximate surface area is 294 Å². The number of hydrogen-bond donors (Lipinski definition) is 2. The number of nitrogens with two attached hydrogens (primary N) is 1. The molecule has 8 aromatic rings. The lowest BCUT2D eigenvalue weighted by atomic mass is 10.2. The van der Waals surface area contributed by atoms with Gasteiger partial charge in [-0.05, 0) is 42.5 Å². The maximum Gasteiger partial charge on any atom is 0.238 e. The molecule has 0 radical (unpaired) electrons. The van der Waals surface area contributed by atoms with Crippen molar-refractivity contribution in [2.75, 3.05) is 27.4 Å². The molecule has 9 rings (SSSR count). The van der Waals surface area contributed by atoms with E-state index in [-0.39, 0.29) is 11.9 Å². The summed E-state index contributed by atoms with van der Waals surface area (Å²) >= 11 is 0. The summed E-state index contributed by atoms with van der Waals surface area (Å²) in [5, 5.41) is 21.7. The summed E-state index contributed by atoms with van der Waals surface area (Å²) < 4.78 is 47.9. The number of aryl methyl sites for hydroxylation is 2. The molecule has 0 saturated carbocycles. The van der Waals surface area contributed by atoms with Crippen molar-refractivity contribution in [2.45, 2.75) is 20.0 Å². The van der Waals surface area contributed by atoms with Crippen LogP contribution in [0.3, 0.4) is 0 Å². The number of nitrogens with zero attached hydrogens (tertiary/aromatic N) is 5. The molecule has 0 aliphatic carbocycles. The van der Waals surface area contributed by atoms with Crippen LogP contribution in [0, 0.1) is 13.8 Å². The van der Waals surface area contributed by atoms with Gasteiger partial charge in [0.2, 0.25) is 29.3 Å². The molecule has 16 nitrogen and oxygen atoms in total. The van der Waals surface area contributed by atoms with Gasteiger partial charge >= 0.3 is 0 Å². The third-order valence-corrected chi connectivity index (χ3v) is 7.66. The minimum Gasteiger partial charge on any atom is -0.493 e. The van der Waals surface area contributed by atoms with Gasteiger partial charge in [0.15, 0.2) is 39.9 Å². The molecule has 1 saturated heterocycles. The quantitative estimate of drug-likeness (QED) is 0.0539. The van der Waals surface area contributed by atoms with E-state index in [4.69, 9.17) is 52.2 Å². The van der Waals surface area contributed by atoms with E-state index in [1.165, 1.54) is 0 Å². The van der Waals surface area contributed by atoms with Gasteiger partial charge in [0, 0.05) is 24.6 Å². The van der Waals surface area contributed by atoms with E-state index >= 15 is 0 Å². The number of epoxide rings is 1. The fourth-order valence-electron chi connectivity index (χ4n) is 5.10. The maximum atomic E-state index is 8.51. The standard InChI is InChI=1S/C14H12N2O4.C12H10N2O3.C10H10N2O3/c1-8-15-14(16-20-8)13-5-10-11(18-7-9-6-17-9)3-2-4-12(10)19-13;1-7-13-12(14-17-7)10-6-8-4-3-5-9(15-2)11(8)16-10;1-14-7-4-2-3-6-5-8(10(11)12-13)15-9(6)7/h2-5,9H,6-7H2,1H3;3-6H,1-2H3;2-5,13H,1H3,(H2,11,12)/t9-;;/m0../s1. The highest BCUT2D eigenvalue weighted by Crippen LogP contribution is 2.34. The van der Waals surface area contributed by atoms with E-state index in [1.807, 2.05) is 60.7 Å². The molecule has 0 unspecified atom stereocenters. The Balaban J connectivity index is 0.000000123. The molecule has 16 heteroatoms. The third kappa shape index (κ3) is 7.22. The van der Waals surface area contributed by atoms with E-state index in [1.54, 1.807) is 40.2 Å². The van der Waals surface area contributed by atoms with Gasteiger partial charge in [-0.3, -0.25) is 0 Å². The molecule has 3 aromatic carbocycles. The van der Waals surface area contributed by atoms with E-state index in [0.29, 0.717) is 70.0 Å². The van der Waals surface area contributed by atoms with Gasteiger partial charge in [-0.15, -0.1) is 0 Å². The molecule has 0 spiro atoms. The summed E-state index contributed by atoms with van der Waals surface area (Å²) in [5.74, 6) is 5.36. The second-order valence-electron chi connectivity index (χ2n) is 11.3. The Morgan fingerprint density at radius 2 is 1.37 bits per heavy atom. The maximum absolute atomic E-state index is 8.51. The molecule has 52 heavy (non-hydrogen) atoms. The van der Waals surface area contributed by atoms with Crippen LogP contribution in [0.5, 0.6) is 17.2 Å². The number of benzene rings is 3. The average Bonchev–Trinajstić information content (AvgIpc) is 3.69. The zero-order valence-electron chi connectivity index (χ0n) is 28.4. The van der Waals surface area contributed by atoms with E-state index in [0.717, 1.165) is 34.1 Å².